The molecule has 0 aliphatic rings. The first-order valence-corrected chi connectivity index (χ1v) is 10.9. The molecule has 0 spiro atoms. The van der Waals surface area contributed by atoms with E-state index in [1.807, 2.05) is 33.8 Å². The van der Waals surface area contributed by atoms with Gasteiger partial charge < -0.3 is 5.73 Å². The van der Waals surface area contributed by atoms with Gasteiger partial charge in [-0.05, 0) is 41.5 Å². The zero-order valence-corrected chi connectivity index (χ0v) is 19.4. The molecule has 5 nitrogen and oxygen atoms in total. The summed E-state index contributed by atoms with van der Waals surface area (Å²) in [6.45, 7) is 8.00. The Morgan fingerprint density at radius 3 is 2.19 bits per heavy atom. The van der Waals surface area contributed by atoms with Crippen LogP contribution >= 0.6 is 0 Å². The van der Waals surface area contributed by atoms with E-state index < -0.39 is 0 Å². The number of aryl methyl sites for hydroxylation is 3. The van der Waals surface area contributed by atoms with E-state index in [0.717, 1.165) is 24.0 Å². The molecule has 0 aliphatic heterocycles. The van der Waals surface area contributed by atoms with Gasteiger partial charge in [0, 0.05) is 19.5 Å². The first-order valence-electron chi connectivity index (χ1n) is 10.9. The molecule has 0 fully saturated rings. The van der Waals surface area contributed by atoms with Crippen molar-refractivity contribution in [3.8, 4) is 17.2 Å². The molecule has 1 aromatic heterocycles. The van der Waals surface area contributed by atoms with Crippen molar-refractivity contribution in [1.29, 1.82) is 5.26 Å². The molecule has 3 aromatic rings. The number of benzene rings is 2. The molecular formula is C26H34N4O. The number of nitrogens with two attached hydrogens (primary N) is 1. The van der Waals surface area contributed by atoms with E-state index >= 15 is 0 Å². The average Bonchev–Trinajstić information content (AvgIpc) is 2.83. The summed E-state index contributed by atoms with van der Waals surface area (Å²) in [6, 6.07) is 20.4. The minimum absolute atomic E-state index is 0.135. The number of hydrogen-bond acceptors (Lipinski definition) is 4. The lowest BCUT2D eigenvalue weighted by molar-refractivity contribution is 0.806. The van der Waals surface area contributed by atoms with Gasteiger partial charge in [0.15, 0.2) is 0 Å². The van der Waals surface area contributed by atoms with Crippen molar-refractivity contribution < 1.29 is 0 Å². The molecule has 0 saturated heterocycles. The van der Waals surface area contributed by atoms with Crippen LogP contribution in [0.5, 0.6) is 0 Å². The smallest absolute Gasteiger partial charge is 0.254 e. The summed E-state index contributed by atoms with van der Waals surface area (Å²) >= 11 is 0. The van der Waals surface area contributed by atoms with Crippen LogP contribution in [-0.4, -0.2) is 9.55 Å². The summed E-state index contributed by atoms with van der Waals surface area (Å²) in [5.74, 6) is 0.240. The second-order valence-corrected chi connectivity index (χ2v) is 6.56. The minimum atomic E-state index is -0.135. The molecule has 5 heteroatoms. The van der Waals surface area contributed by atoms with Crippen LogP contribution in [0.1, 0.15) is 50.9 Å². The highest BCUT2D eigenvalue weighted by molar-refractivity contribution is 5.64. The third-order valence-electron chi connectivity index (χ3n) is 4.63. The molecule has 0 aliphatic carbocycles. The number of rotatable bonds is 6. The van der Waals surface area contributed by atoms with Gasteiger partial charge in [-0.1, -0.05) is 76.2 Å². The van der Waals surface area contributed by atoms with E-state index in [4.69, 9.17) is 11.0 Å². The number of nitriles is 1. The Bertz CT molecular complexity index is 1030. The lowest BCUT2D eigenvalue weighted by Gasteiger charge is -2.08. The van der Waals surface area contributed by atoms with Crippen molar-refractivity contribution in [3.63, 3.8) is 0 Å². The molecule has 0 amide bonds. The van der Waals surface area contributed by atoms with Crippen LogP contribution in [0.2, 0.25) is 0 Å². The van der Waals surface area contributed by atoms with Gasteiger partial charge in [-0.3, -0.25) is 9.36 Å². The maximum absolute atomic E-state index is 11.8. The second-order valence-electron chi connectivity index (χ2n) is 6.56. The van der Waals surface area contributed by atoms with Crippen LogP contribution in [0.15, 0.2) is 59.4 Å². The molecule has 1 heterocycles. The van der Waals surface area contributed by atoms with Crippen LogP contribution in [0, 0.1) is 11.3 Å². The van der Waals surface area contributed by atoms with Crippen molar-refractivity contribution >= 4 is 5.95 Å². The van der Waals surface area contributed by atoms with Crippen LogP contribution in [0.25, 0.3) is 11.1 Å². The van der Waals surface area contributed by atoms with E-state index in [1.165, 1.54) is 21.8 Å². The number of anilines is 1. The Labute approximate surface area is 186 Å². The normalized spacial score (nSPS) is 9.55. The Morgan fingerprint density at radius 2 is 1.58 bits per heavy atom. The molecule has 2 aromatic carbocycles. The van der Waals surface area contributed by atoms with Crippen LogP contribution in [0.3, 0.4) is 0 Å². The first kappa shape index (κ1) is 25.6. The lowest BCUT2D eigenvalue weighted by Crippen LogP contribution is -2.21. The number of nitrogens with zero attached hydrogens (tertiary/aromatic N) is 3. The summed E-state index contributed by atoms with van der Waals surface area (Å²) in [4.78, 5) is 16.1. The predicted molar refractivity (Wildman–Crippen MR) is 130 cm³/mol. The first-order chi connectivity index (χ1) is 15.1. The van der Waals surface area contributed by atoms with Gasteiger partial charge in [0.25, 0.3) is 5.56 Å². The SMILES string of the molecule is CC.CC.Cn1c(N)nc(CCc2ccc(-c3cccc(CCC#N)c3)cc2)cc1=O. The lowest BCUT2D eigenvalue weighted by atomic mass is 9.99. The number of nitrogen functional groups attached to an aromatic ring is 1. The van der Waals surface area contributed by atoms with Crippen molar-refractivity contribution in [3.05, 3.63) is 81.8 Å². The Hall–Kier alpha value is -3.39. The molecule has 164 valence electrons. The second kappa shape index (κ2) is 13.8. The maximum Gasteiger partial charge on any atom is 0.254 e. The third-order valence-corrected chi connectivity index (χ3v) is 4.63. The summed E-state index contributed by atoms with van der Waals surface area (Å²) in [5.41, 5.74) is 11.0. The van der Waals surface area contributed by atoms with Crippen molar-refractivity contribution in [1.82, 2.24) is 9.55 Å². The van der Waals surface area contributed by atoms with E-state index in [1.54, 1.807) is 7.05 Å². The predicted octanol–water partition coefficient (Wildman–Crippen LogP) is 5.32. The van der Waals surface area contributed by atoms with Gasteiger partial charge in [-0.25, -0.2) is 4.98 Å². The van der Waals surface area contributed by atoms with Gasteiger partial charge in [-0.2, -0.15) is 5.26 Å². The molecule has 0 atom stereocenters. The van der Waals surface area contributed by atoms with Crippen LogP contribution in [0.4, 0.5) is 5.95 Å². The van der Waals surface area contributed by atoms with Crippen molar-refractivity contribution in [2.24, 2.45) is 7.05 Å². The topological polar surface area (TPSA) is 84.7 Å². The van der Waals surface area contributed by atoms with E-state index in [9.17, 15) is 4.79 Å². The fraction of sp³-hybridized carbons (Fsp3) is 0.346. The Kier molecular flexibility index (Phi) is 11.4. The van der Waals surface area contributed by atoms with E-state index in [0.29, 0.717) is 18.5 Å². The van der Waals surface area contributed by atoms with Crippen LogP contribution in [-0.2, 0) is 26.3 Å². The van der Waals surface area contributed by atoms with Gasteiger partial charge in [0.1, 0.15) is 0 Å². The minimum Gasteiger partial charge on any atom is -0.369 e. The highest BCUT2D eigenvalue weighted by Crippen LogP contribution is 2.22. The molecular weight excluding hydrogens is 384 g/mol. The number of hydrogen-bond donors (Lipinski definition) is 1. The zero-order chi connectivity index (χ0) is 23.2. The molecule has 0 bridgehead atoms. The third kappa shape index (κ3) is 7.75. The van der Waals surface area contributed by atoms with Crippen molar-refractivity contribution in [2.45, 2.75) is 53.4 Å². The molecule has 0 unspecified atom stereocenters. The fourth-order valence-corrected chi connectivity index (χ4v) is 2.98. The largest absolute Gasteiger partial charge is 0.369 e. The summed E-state index contributed by atoms with van der Waals surface area (Å²) in [6.07, 6.45) is 2.77. The molecule has 0 saturated carbocycles. The summed E-state index contributed by atoms with van der Waals surface area (Å²) < 4.78 is 1.34. The summed E-state index contributed by atoms with van der Waals surface area (Å²) in [7, 11) is 1.61. The zero-order valence-electron chi connectivity index (χ0n) is 19.4. The Morgan fingerprint density at radius 1 is 0.903 bits per heavy atom. The monoisotopic (exact) mass is 418 g/mol. The average molecular weight is 419 g/mol. The fourth-order valence-electron chi connectivity index (χ4n) is 2.98. The summed E-state index contributed by atoms with van der Waals surface area (Å²) in [5, 5.41) is 8.74. The van der Waals surface area contributed by atoms with Gasteiger partial charge in [-0.15, -0.1) is 0 Å². The van der Waals surface area contributed by atoms with Gasteiger partial charge in [0.2, 0.25) is 5.95 Å². The van der Waals surface area contributed by atoms with Gasteiger partial charge >= 0.3 is 0 Å². The molecule has 3 rings (SSSR count). The molecule has 0 radical (unpaired) electrons. The quantitative estimate of drug-likeness (QED) is 0.587. The standard InChI is InChI=1S/C22H22N4O.2C2H6/c1-26-21(27)15-20(25-22(26)24)12-9-16-7-10-18(11-8-16)19-6-2-4-17(14-19)5-3-13-23;2*1-2/h2,4,6-8,10-11,14-15H,3,5,9,12H2,1H3,(H2,24,25);2*1-2H3. The molecule has 2 N–H and O–H groups in total. The van der Waals surface area contributed by atoms with E-state index in [-0.39, 0.29) is 11.5 Å². The highest BCUT2D eigenvalue weighted by atomic mass is 16.1. The van der Waals surface area contributed by atoms with Crippen molar-refractivity contribution in [2.75, 3.05) is 5.73 Å². The Balaban J connectivity index is 0.00000113. The van der Waals surface area contributed by atoms with Gasteiger partial charge in [0.05, 0.1) is 11.8 Å². The maximum atomic E-state index is 11.8. The highest BCUT2D eigenvalue weighted by Gasteiger charge is 2.04. The van der Waals surface area contributed by atoms with Crippen LogP contribution < -0.4 is 11.3 Å². The van der Waals surface area contributed by atoms with E-state index in [2.05, 4.69) is 53.5 Å². The number of aromatic nitrogens is 2. The molecule has 31 heavy (non-hydrogen) atoms.